The average molecular weight is 454 g/mol. The molecule has 3 aromatic rings. The molecule has 1 amide bonds. The standard InChI is InChI=1S/C26H28FNO5/c1-17-21-7-6-20(31-2)15-23(21)33-25(30)22(17)8-9-24(29)28-16-26(10-12-32-13-11-26)18-4-3-5-19(27)14-18/h3-7,14-15H,8-13,16H2,1-2H3,(H,28,29). The molecular formula is C26H28FNO5. The number of aryl methyl sites for hydroxylation is 1. The van der Waals surface area contributed by atoms with E-state index in [1.165, 1.54) is 12.1 Å². The van der Waals surface area contributed by atoms with Crippen LogP contribution in [-0.2, 0) is 21.4 Å². The smallest absolute Gasteiger partial charge is 0.339 e. The Balaban J connectivity index is 1.46. The van der Waals surface area contributed by atoms with E-state index in [9.17, 15) is 14.0 Å². The first-order valence-corrected chi connectivity index (χ1v) is 11.1. The number of hydrogen-bond donors (Lipinski definition) is 1. The van der Waals surface area contributed by atoms with Gasteiger partial charge in [0.05, 0.1) is 7.11 Å². The molecule has 1 aromatic heterocycles. The molecule has 1 aliphatic heterocycles. The summed E-state index contributed by atoms with van der Waals surface area (Å²) in [6, 6.07) is 11.9. The summed E-state index contributed by atoms with van der Waals surface area (Å²) in [5.41, 5.74) is 1.81. The lowest BCUT2D eigenvalue weighted by atomic mass is 9.74. The fourth-order valence-electron chi connectivity index (χ4n) is 4.53. The number of carbonyl (C=O) groups is 1. The fraction of sp³-hybridized carbons (Fsp3) is 0.385. The monoisotopic (exact) mass is 453 g/mol. The molecule has 0 spiro atoms. The second-order valence-corrected chi connectivity index (χ2v) is 8.53. The average Bonchev–Trinajstić information content (AvgIpc) is 2.82. The van der Waals surface area contributed by atoms with Crippen molar-refractivity contribution in [3.05, 3.63) is 75.4 Å². The molecule has 1 N–H and O–H groups in total. The van der Waals surface area contributed by atoms with Gasteiger partial charge in [0.1, 0.15) is 17.1 Å². The van der Waals surface area contributed by atoms with Crippen LogP contribution < -0.4 is 15.7 Å². The number of rotatable bonds is 7. The number of benzene rings is 2. The SMILES string of the molecule is COc1ccc2c(C)c(CCC(=O)NCC3(c4cccc(F)c4)CCOCC3)c(=O)oc2c1. The zero-order chi connectivity index (χ0) is 23.4. The lowest BCUT2D eigenvalue weighted by molar-refractivity contribution is -0.121. The van der Waals surface area contributed by atoms with Gasteiger partial charge < -0.3 is 19.2 Å². The van der Waals surface area contributed by atoms with E-state index in [2.05, 4.69) is 5.32 Å². The third-order valence-corrected chi connectivity index (χ3v) is 6.61. The summed E-state index contributed by atoms with van der Waals surface area (Å²) < 4.78 is 30.0. The second-order valence-electron chi connectivity index (χ2n) is 8.53. The van der Waals surface area contributed by atoms with Crippen LogP contribution in [0.4, 0.5) is 4.39 Å². The summed E-state index contributed by atoms with van der Waals surface area (Å²) in [6.45, 7) is 3.38. The predicted octanol–water partition coefficient (Wildman–Crippen LogP) is 4.05. The van der Waals surface area contributed by atoms with Crippen LogP contribution in [0.3, 0.4) is 0 Å². The largest absolute Gasteiger partial charge is 0.497 e. The van der Waals surface area contributed by atoms with Gasteiger partial charge in [0, 0.05) is 48.6 Å². The van der Waals surface area contributed by atoms with Crippen molar-refractivity contribution in [2.45, 2.75) is 38.0 Å². The lowest BCUT2D eigenvalue weighted by Gasteiger charge is -2.38. The number of carbonyl (C=O) groups excluding carboxylic acids is 1. The number of fused-ring (bicyclic) bond motifs is 1. The molecule has 0 aliphatic carbocycles. The van der Waals surface area contributed by atoms with Crippen LogP contribution in [0.5, 0.6) is 5.75 Å². The number of amides is 1. The maximum absolute atomic E-state index is 13.9. The number of nitrogens with one attached hydrogen (secondary N) is 1. The van der Waals surface area contributed by atoms with Crippen molar-refractivity contribution in [2.75, 3.05) is 26.9 Å². The van der Waals surface area contributed by atoms with Gasteiger partial charge in [0.15, 0.2) is 0 Å². The van der Waals surface area contributed by atoms with Crippen LogP contribution in [0.2, 0.25) is 0 Å². The van der Waals surface area contributed by atoms with Gasteiger partial charge in [-0.25, -0.2) is 9.18 Å². The van der Waals surface area contributed by atoms with E-state index in [0.29, 0.717) is 49.5 Å². The Morgan fingerprint density at radius 1 is 1.18 bits per heavy atom. The predicted molar refractivity (Wildman–Crippen MR) is 123 cm³/mol. The number of halogens is 1. The van der Waals surface area contributed by atoms with Crippen molar-refractivity contribution in [2.24, 2.45) is 0 Å². The highest BCUT2D eigenvalue weighted by molar-refractivity contribution is 5.82. The molecule has 2 aromatic carbocycles. The molecule has 0 bridgehead atoms. The zero-order valence-electron chi connectivity index (χ0n) is 18.9. The van der Waals surface area contributed by atoms with Gasteiger partial charge in [-0.2, -0.15) is 0 Å². The van der Waals surface area contributed by atoms with Gasteiger partial charge in [0.2, 0.25) is 5.91 Å². The first-order valence-electron chi connectivity index (χ1n) is 11.1. The van der Waals surface area contributed by atoms with Gasteiger partial charge in [0.25, 0.3) is 0 Å². The summed E-state index contributed by atoms with van der Waals surface area (Å²) in [5.74, 6) is 0.157. The van der Waals surface area contributed by atoms with E-state index >= 15 is 0 Å². The minimum atomic E-state index is -0.443. The Morgan fingerprint density at radius 2 is 1.97 bits per heavy atom. The summed E-state index contributed by atoms with van der Waals surface area (Å²) in [6.07, 6.45) is 1.84. The van der Waals surface area contributed by atoms with Gasteiger partial charge in [-0.15, -0.1) is 0 Å². The lowest BCUT2D eigenvalue weighted by Crippen LogP contribution is -2.44. The summed E-state index contributed by atoms with van der Waals surface area (Å²) in [7, 11) is 1.55. The van der Waals surface area contributed by atoms with E-state index in [1.54, 1.807) is 19.2 Å². The number of methoxy groups -OCH3 is 1. The molecule has 6 nitrogen and oxygen atoms in total. The Morgan fingerprint density at radius 3 is 2.70 bits per heavy atom. The maximum Gasteiger partial charge on any atom is 0.339 e. The third-order valence-electron chi connectivity index (χ3n) is 6.61. The molecular weight excluding hydrogens is 425 g/mol. The van der Waals surface area contributed by atoms with Gasteiger partial charge >= 0.3 is 5.63 Å². The molecule has 0 saturated carbocycles. The first kappa shape index (κ1) is 23.0. The Labute approximate surface area is 191 Å². The molecule has 7 heteroatoms. The third kappa shape index (κ3) is 4.93. The highest BCUT2D eigenvalue weighted by atomic mass is 19.1. The maximum atomic E-state index is 13.9. The highest BCUT2D eigenvalue weighted by Crippen LogP contribution is 2.34. The minimum Gasteiger partial charge on any atom is -0.497 e. The van der Waals surface area contributed by atoms with Crippen molar-refractivity contribution in [3.8, 4) is 5.75 Å². The molecule has 33 heavy (non-hydrogen) atoms. The quantitative estimate of drug-likeness (QED) is 0.546. The van der Waals surface area contributed by atoms with E-state index in [-0.39, 0.29) is 30.0 Å². The van der Waals surface area contributed by atoms with E-state index in [1.807, 2.05) is 25.1 Å². The van der Waals surface area contributed by atoms with Gasteiger partial charge in [-0.3, -0.25) is 4.79 Å². The zero-order valence-corrected chi connectivity index (χ0v) is 18.9. The number of ether oxygens (including phenoxy) is 2. The summed E-state index contributed by atoms with van der Waals surface area (Å²) in [4.78, 5) is 25.3. The van der Waals surface area contributed by atoms with Crippen LogP contribution in [-0.4, -0.2) is 32.8 Å². The van der Waals surface area contributed by atoms with Crippen LogP contribution in [0.15, 0.2) is 51.7 Å². The fourth-order valence-corrected chi connectivity index (χ4v) is 4.53. The van der Waals surface area contributed by atoms with E-state index in [0.717, 1.165) is 16.5 Å². The van der Waals surface area contributed by atoms with Crippen molar-refractivity contribution in [1.82, 2.24) is 5.32 Å². The molecule has 0 atom stereocenters. The van der Waals surface area contributed by atoms with Crippen molar-refractivity contribution in [1.29, 1.82) is 0 Å². The van der Waals surface area contributed by atoms with E-state index in [4.69, 9.17) is 13.9 Å². The molecule has 0 radical (unpaired) electrons. The molecule has 1 fully saturated rings. The van der Waals surface area contributed by atoms with Crippen molar-refractivity contribution < 1.29 is 23.1 Å². The molecule has 0 unspecified atom stereocenters. The van der Waals surface area contributed by atoms with Crippen LogP contribution in [0.25, 0.3) is 11.0 Å². The summed E-state index contributed by atoms with van der Waals surface area (Å²) in [5, 5.41) is 3.82. The molecule has 1 aliphatic rings. The van der Waals surface area contributed by atoms with Gasteiger partial charge in [-0.1, -0.05) is 12.1 Å². The van der Waals surface area contributed by atoms with E-state index < -0.39 is 5.63 Å². The second kappa shape index (κ2) is 9.75. The Bertz CT molecular complexity index is 1210. The minimum absolute atomic E-state index is 0.156. The van der Waals surface area contributed by atoms with Crippen LogP contribution in [0.1, 0.15) is 36.0 Å². The van der Waals surface area contributed by atoms with Crippen molar-refractivity contribution in [3.63, 3.8) is 0 Å². The molecule has 174 valence electrons. The Kier molecular flexibility index (Phi) is 6.79. The first-order chi connectivity index (χ1) is 15.9. The summed E-state index contributed by atoms with van der Waals surface area (Å²) >= 11 is 0. The Hall–Kier alpha value is -3.19. The normalized spacial score (nSPS) is 15.4. The van der Waals surface area contributed by atoms with Gasteiger partial charge in [-0.05, 0) is 61.6 Å². The van der Waals surface area contributed by atoms with Crippen LogP contribution in [0, 0.1) is 12.7 Å². The van der Waals surface area contributed by atoms with Crippen molar-refractivity contribution >= 4 is 16.9 Å². The number of hydrogen-bond acceptors (Lipinski definition) is 5. The topological polar surface area (TPSA) is 77.8 Å². The van der Waals surface area contributed by atoms with Crippen LogP contribution >= 0.6 is 0 Å². The molecule has 4 rings (SSSR count). The molecule has 1 saturated heterocycles. The highest BCUT2D eigenvalue weighted by Gasteiger charge is 2.35. The molecule has 2 heterocycles.